The summed E-state index contributed by atoms with van der Waals surface area (Å²) in [5, 5.41) is 22.2. The fourth-order valence-corrected chi connectivity index (χ4v) is 2.99. The number of amides is 3. The molecule has 0 saturated carbocycles. The minimum absolute atomic E-state index is 0.0477. The standard InChI is InChI=1S/C18H18ClF2N5O5/c19-13-7-23-10(6-24-14(27)1-2-16(29)30)3-12(13)17(31)25-8-15(28)26-9-18(20,21)4-11(26)5-22/h3,7,11H,1-2,4,6,8-9H2,(H,24,27)(H,25,31)(H,29,30)/t11-/m0/s1. The molecule has 31 heavy (non-hydrogen) atoms. The number of alkyl halides is 2. The number of nitrogens with zero attached hydrogens (tertiary/aromatic N) is 3. The first-order valence-electron chi connectivity index (χ1n) is 9.00. The maximum Gasteiger partial charge on any atom is 0.303 e. The lowest BCUT2D eigenvalue weighted by atomic mass is 10.2. The predicted molar refractivity (Wildman–Crippen MR) is 101 cm³/mol. The van der Waals surface area contributed by atoms with Gasteiger partial charge in [0.05, 0.1) is 48.4 Å². The third kappa shape index (κ3) is 6.85. The Morgan fingerprint density at radius 1 is 1.32 bits per heavy atom. The number of rotatable bonds is 8. The van der Waals surface area contributed by atoms with E-state index in [2.05, 4.69) is 15.6 Å². The average Bonchev–Trinajstić information content (AvgIpc) is 3.04. The Balaban J connectivity index is 1.95. The SMILES string of the molecule is N#C[C@@H]1CC(F)(F)CN1C(=O)CNC(=O)c1cc(CNC(=O)CCC(=O)O)ncc1Cl. The van der Waals surface area contributed by atoms with Crippen molar-refractivity contribution in [1.29, 1.82) is 5.26 Å². The molecule has 3 amide bonds. The monoisotopic (exact) mass is 457 g/mol. The fourth-order valence-electron chi connectivity index (χ4n) is 2.80. The van der Waals surface area contributed by atoms with E-state index in [1.165, 1.54) is 6.07 Å². The lowest BCUT2D eigenvalue weighted by Gasteiger charge is -2.19. The second-order valence-electron chi connectivity index (χ2n) is 6.74. The normalized spacial score (nSPS) is 17.0. The number of nitriles is 1. The highest BCUT2D eigenvalue weighted by Crippen LogP contribution is 2.31. The van der Waals surface area contributed by atoms with Crippen LogP contribution in [0.15, 0.2) is 12.3 Å². The van der Waals surface area contributed by atoms with Gasteiger partial charge in [0.1, 0.15) is 6.04 Å². The van der Waals surface area contributed by atoms with Crippen molar-refractivity contribution < 1.29 is 33.1 Å². The molecule has 0 aliphatic carbocycles. The maximum absolute atomic E-state index is 13.5. The molecule has 0 aromatic carbocycles. The second kappa shape index (κ2) is 10.1. The van der Waals surface area contributed by atoms with Crippen molar-refractivity contribution in [3.63, 3.8) is 0 Å². The maximum atomic E-state index is 13.5. The molecule has 2 rings (SSSR count). The van der Waals surface area contributed by atoms with Crippen molar-refractivity contribution in [2.24, 2.45) is 0 Å². The van der Waals surface area contributed by atoms with Crippen LogP contribution in [0.1, 0.15) is 35.3 Å². The van der Waals surface area contributed by atoms with Crippen LogP contribution in [0.4, 0.5) is 8.78 Å². The first kappa shape index (κ1) is 23.9. The third-order valence-corrected chi connectivity index (χ3v) is 4.63. The van der Waals surface area contributed by atoms with Crippen LogP contribution in [0.5, 0.6) is 0 Å². The fraction of sp³-hybridized carbons (Fsp3) is 0.444. The van der Waals surface area contributed by atoms with E-state index in [4.69, 9.17) is 22.0 Å². The highest BCUT2D eigenvalue weighted by Gasteiger charge is 2.47. The van der Waals surface area contributed by atoms with Crippen LogP contribution in [0, 0.1) is 11.3 Å². The minimum atomic E-state index is -3.17. The van der Waals surface area contributed by atoms with Crippen LogP contribution in [0.2, 0.25) is 5.02 Å². The van der Waals surface area contributed by atoms with E-state index in [9.17, 15) is 28.0 Å². The molecule has 1 aromatic heterocycles. The summed E-state index contributed by atoms with van der Waals surface area (Å²) in [6.07, 6.45) is -0.167. The Bertz CT molecular complexity index is 936. The summed E-state index contributed by atoms with van der Waals surface area (Å²) in [4.78, 5) is 51.2. The van der Waals surface area contributed by atoms with Gasteiger partial charge < -0.3 is 20.6 Å². The van der Waals surface area contributed by atoms with Gasteiger partial charge in [0.2, 0.25) is 11.8 Å². The van der Waals surface area contributed by atoms with Crippen molar-refractivity contribution in [2.45, 2.75) is 37.8 Å². The van der Waals surface area contributed by atoms with E-state index >= 15 is 0 Å². The van der Waals surface area contributed by atoms with E-state index in [1.807, 2.05) is 0 Å². The van der Waals surface area contributed by atoms with Crippen LogP contribution in [-0.4, -0.2) is 63.7 Å². The van der Waals surface area contributed by atoms with Crippen molar-refractivity contribution in [3.05, 3.63) is 28.5 Å². The van der Waals surface area contributed by atoms with Crippen LogP contribution in [0.3, 0.4) is 0 Å². The van der Waals surface area contributed by atoms with Gasteiger partial charge in [0.15, 0.2) is 0 Å². The summed E-state index contributed by atoms with van der Waals surface area (Å²) in [6.45, 7) is -1.61. The molecule has 1 aliphatic rings. The molecule has 0 unspecified atom stereocenters. The molecule has 1 aliphatic heterocycles. The number of aliphatic carboxylic acids is 1. The molecule has 0 spiro atoms. The number of nitrogens with one attached hydrogen (secondary N) is 2. The number of carboxylic acid groups (broad SMARTS) is 1. The van der Waals surface area contributed by atoms with Crippen LogP contribution >= 0.6 is 11.6 Å². The zero-order chi connectivity index (χ0) is 23.2. The summed E-state index contributed by atoms with van der Waals surface area (Å²) in [6, 6.07) is 1.63. The van der Waals surface area contributed by atoms with E-state index in [1.54, 1.807) is 6.07 Å². The summed E-state index contributed by atoms with van der Waals surface area (Å²) >= 11 is 5.95. The highest BCUT2D eigenvalue weighted by atomic mass is 35.5. The number of halogens is 3. The Kier molecular flexibility index (Phi) is 7.82. The largest absolute Gasteiger partial charge is 0.481 e. The molecule has 2 heterocycles. The van der Waals surface area contributed by atoms with Crippen molar-refractivity contribution in [1.82, 2.24) is 20.5 Å². The predicted octanol–water partition coefficient (Wildman–Crippen LogP) is 0.706. The molecule has 1 aromatic rings. The zero-order valence-electron chi connectivity index (χ0n) is 16.0. The third-order valence-electron chi connectivity index (χ3n) is 4.33. The topological polar surface area (TPSA) is 152 Å². The summed E-state index contributed by atoms with van der Waals surface area (Å²) in [7, 11) is 0. The number of carboxylic acids is 1. The van der Waals surface area contributed by atoms with Crippen LogP contribution < -0.4 is 10.6 Å². The Morgan fingerprint density at radius 2 is 2.03 bits per heavy atom. The summed E-state index contributed by atoms with van der Waals surface area (Å²) < 4.78 is 26.9. The van der Waals surface area contributed by atoms with Gasteiger partial charge >= 0.3 is 5.97 Å². The average molecular weight is 458 g/mol. The Labute approximate surface area is 180 Å². The minimum Gasteiger partial charge on any atom is -0.481 e. The van der Waals surface area contributed by atoms with Crippen LogP contribution in [0.25, 0.3) is 0 Å². The van der Waals surface area contributed by atoms with Crippen molar-refractivity contribution in [3.8, 4) is 6.07 Å². The van der Waals surface area contributed by atoms with E-state index in [0.29, 0.717) is 4.90 Å². The zero-order valence-corrected chi connectivity index (χ0v) is 16.8. The van der Waals surface area contributed by atoms with Gasteiger partial charge in [-0.25, -0.2) is 8.78 Å². The number of carbonyl (C=O) groups excluding carboxylic acids is 3. The lowest BCUT2D eigenvalue weighted by Crippen LogP contribution is -2.43. The van der Waals surface area contributed by atoms with Crippen molar-refractivity contribution in [2.75, 3.05) is 13.1 Å². The molecule has 166 valence electrons. The first-order valence-corrected chi connectivity index (χ1v) is 9.38. The number of likely N-dealkylation sites (tertiary alicyclic amines) is 1. The van der Waals surface area contributed by atoms with E-state index in [-0.39, 0.29) is 35.7 Å². The number of hydrogen-bond acceptors (Lipinski definition) is 6. The molecule has 1 atom stereocenters. The first-order chi connectivity index (χ1) is 14.5. The second-order valence-corrected chi connectivity index (χ2v) is 7.14. The molecule has 0 bridgehead atoms. The van der Waals surface area contributed by atoms with Gasteiger partial charge in [-0.1, -0.05) is 11.6 Å². The molecule has 13 heteroatoms. The van der Waals surface area contributed by atoms with Gasteiger partial charge in [0.25, 0.3) is 11.8 Å². The quantitative estimate of drug-likeness (QED) is 0.519. The van der Waals surface area contributed by atoms with Gasteiger partial charge in [-0.2, -0.15) is 5.26 Å². The van der Waals surface area contributed by atoms with Gasteiger partial charge in [-0.3, -0.25) is 24.2 Å². The van der Waals surface area contributed by atoms with Gasteiger partial charge in [0, 0.05) is 19.0 Å². The molecular formula is C18H18ClF2N5O5. The Hall–Kier alpha value is -3.33. The Morgan fingerprint density at radius 3 is 2.68 bits per heavy atom. The molecule has 1 saturated heterocycles. The summed E-state index contributed by atoms with van der Waals surface area (Å²) in [5.74, 6) is -6.43. The highest BCUT2D eigenvalue weighted by molar-refractivity contribution is 6.33. The van der Waals surface area contributed by atoms with E-state index in [0.717, 1.165) is 6.20 Å². The smallest absolute Gasteiger partial charge is 0.303 e. The lowest BCUT2D eigenvalue weighted by molar-refractivity contribution is -0.138. The summed E-state index contributed by atoms with van der Waals surface area (Å²) in [5.41, 5.74) is 0.177. The molecule has 1 fully saturated rings. The van der Waals surface area contributed by atoms with Crippen molar-refractivity contribution >= 4 is 35.3 Å². The van der Waals surface area contributed by atoms with Crippen LogP contribution in [-0.2, 0) is 20.9 Å². The molecular weight excluding hydrogens is 440 g/mol. The molecule has 10 nitrogen and oxygen atoms in total. The number of aromatic nitrogens is 1. The molecule has 0 radical (unpaired) electrons. The number of hydrogen-bond donors (Lipinski definition) is 3. The number of carbonyl (C=O) groups is 4. The number of pyridine rings is 1. The molecule has 3 N–H and O–H groups in total. The van der Waals surface area contributed by atoms with Gasteiger partial charge in [-0.15, -0.1) is 0 Å². The van der Waals surface area contributed by atoms with Gasteiger partial charge in [-0.05, 0) is 6.07 Å². The van der Waals surface area contributed by atoms with E-state index < -0.39 is 55.2 Å².